The second-order valence-electron chi connectivity index (χ2n) is 3.85. The highest BCUT2D eigenvalue weighted by Gasteiger charge is 2.06. The van der Waals surface area contributed by atoms with E-state index in [1.165, 1.54) is 0 Å². The summed E-state index contributed by atoms with van der Waals surface area (Å²) in [5.41, 5.74) is 1.09. The lowest BCUT2D eigenvalue weighted by molar-refractivity contribution is 0.370. The summed E-state index contributed by atoms with van der Waals surface area (Å²) in [6.07, 6.45) is 6.06. The predicted octanol–water partition coefficient (Wildman–Crippen LogP) is 1.21. The number of nitrogens with zero attached hydrogens (tertiary/aromatic N) is 3. The van der Waals surface area contributed by atoms with E-state index in [-0.39, 0.29) is 0 Å². The van der Waals surface area contributed by atoms with Crippen LogP contribution in [0.4, 0.5) is 0 Å². The Balaban J connectivity index is 1.90. The molecule has 0 saturated carbocycles. The van der Waals surface area contributed by atoms with Gasteiger partial charge in [0, 0.05) is 25.2 Å². The van der Waals surface area contributed by atoms with Gasteiger partial charge in [-0.3, -0.25) is 4.98 Å². The first kappa shape index (κ1) is 11.7. The van der Waals surface area contributed by atoms with Crippen LogP contribution >= 0.6 is 0 Å². The molecule has 0 radical (unpaired) electrons. The Hall–Kier alpha value is -1.75. The summed E-state index contributed by atoms with van der Waals surface area (Å²) in [4.78, 5) is 8.40. The van der Waals surface area contributed by atoms with Gasteiger partial charge in [-0.25, -0.2) is 0 Å². The summed E-state index contributed by atoms with van der Waals surface area (Å²) >= 11 is 0. The van der Waals surface area contributed by atoms with E-state index in [9.17, 15) is 0 Å². The molecule has 2 aromatic heterocycles. The Morgan fingerprint density at radius 1 is 1.41 bits per heavy atom. The lowest BCUT2D eigenvalue weighted by atomic mass is 10.2. The average molecular weight is 232 g/mol. The third-order valence-electron chi connectivity index (χ3n) is 2.41. The van der Waals surface area contributed by atoms with Crippen molar-refractivity contribution in [3.63, 3.8) is 0 Å². The molecule has 2 rings (SSSR count). The van der Waals surface area contributed by atoms with Crippen LogP contribution in [0.2, 0.25) is 0 Å². The molecule has 1 N–H and O–H groups in total. The van der Waals surface area contributed by atoms with E-state index in [1.54, 1.807) is 6.20 Å². The van der Waals surface area contributed by atoms with Crippen LogP contribution in [-0.2, 0) is 12.8 Å². The fourth-order valence-corrected chi connectivity index (χ4v) is 1.57. The molecule has 0 atom stereocenters. The van der Waals surface area contributed by atoms with Crippen LogP contribution in [0.25, 0.3) is 0 Å². The van der Waals surface area contributed by atoms with Gasteiger partial charge in [0.25, 0.3) is 0 Å². The fourth-order valence-electron chi connectivity index (χ4n) is 1.57. The van der Waals surface area contributed by atoms with Crippen molar-refractivity contribution in [3.8, 4) is 0 Å². The maximum absolute atomic E-state index is 5.17. The molecule has 90 valence electrons. The Bertz CT molecular complexity index is 441. The van der Waals surface area contributed by atoms with Gasteiger partial charge in [-0.05, 0) is 31.6 Å². The van der Waals surface area contributed by atoms with E-state index < -0.39 is 0 Å². The zero-order valence-corrected chi connectivity index (χ0v) is 9.89. The Morgan fingerprint density at radius 3 is 3.12 bits per heavy atom. The molecule has 17 heavy (non-hydrogen) atoms. The molecule has 5 nitrogen and oxygen atoms in total. The Kier molecular flexibility index (Phi) is 4.21. The van der Waals surface area contributed by atoms with Gasteiger partial charge < -0.3 is 9.84 Å². The van der Waals surface area contributed by atoms with Crippen molar-refractivity contribution in [2.75, 3.05) is 13.6 Å². The molecule has 0 amide bonds. The second-order valence-corrected chi connectivity index (χ2v) is 3.85. The summed E-state index contributed by atoms with van der Waals surface area (Å²) in [6.45, 7) is 0.959. The lowest BCUT2D eigenvalue weighted by Crippen LogP contribution is -2.08. The van der Waals surface area contributed by atoms with Crippen LogP contribution < -0.4 is 5.32 Å². The third-order valence-corrected chi connectivity index (χ3v) is 2.41. The molecule has 0 fully saturated rings. The first-order valence-corrected chi connectivity index (χ1v) is 5.73. The summed E-state index contributed by atoms with van der Waals surface area (Å²) in [5, 5.41) is 7.04. The topological polar surface area (TPSA) is 63.8 Å². The monoisotopic (exact) mass is 232 g/mol. The average Bonchev–Trinajstić information content (AvgIpc) is 2.79. The predicted molar refractivity (Wildman–Crippen MR) is 63.6 cm³/mol. The molecule has 5 heteroatoms. The highest BCUT2D eigenvalue weighted by Crippen LogP contribution is 2.06. The van der Waals surface area contributed by atoms with Crippen LogP contribution in [0.3, 0.4) is 0 Å². The smallest absolute Gasteiger partial charge is 0.226 e. The van der Waals surface area contributed by atoms with Crippen LogP contribution in [0, 0.1) is 0 Å². The third kappa shape index (κ3) is 3.64. The van der Waals surface area contributed by atoms with Crippen LogP contribution in [-0.4, -0.2) is 28.7 Å². The van der Waals surface area contributed by atoms with Gasteiger partial charge in [0.05, 0.1) is 0 Å². The lowest BCUT2D eigenvalue weighted by Gasteiger charge is -1.94. The van der Waals surface area contributed by atoms with Crippen molar-refractivity contribution in [1.82, 2.24) is 20.4 Å². The number of pyridine rings is 1. The number of nitrogens with one attached hydrogen (secondary N) is 1. The molecule has 2 aromatic rings. The van der Waals surface area contributed by atoms with E-state index in [1.807, 2.05) is 25.4 Å². The van der Waals surface area contributed by atoms with E-state index >= 15 is 0 Å². The van der Waals surface area contributed by atoms with Gasteiger partial charge in [-0.2, -0.15) is 4.98 Å². The zero-order valence-electron chi connectivity index (χ0n) is 9.89. The maximum atomic E-state index is 5.17. The SMILES string of the molecule is CNCCCc1nc(Cc2cccnc2)no1. The molecular formula is C12H16N4O. The highest BCUT2D eigenvalue weighted by atomic mass is 16.5. The Labute approximate surface area is 100 Å². The van der Waals surface area contributed by atoms with Gasteiger partial charge >= 0.3 is 0 Å². The number of aromatic nitrogens is 3. The normalized spacial score (nSPS) is 10.6. The maximum Gasteiger partial charge on any atom is 0.226 e. The molecule has 0 spiro atoms. The number of aryl methyl sites for hydroxylation is 1. The summed E-state index contributed by atoms with van der Waals surface area (Å²) in [7, 11) is 1.93. The van der Waals surface area contributed by atoms with Gasteiger partial charge in [0.15, 0.2) is 5.82 Å². The summed E-state index contributed by atoms with van der Waals surface area (Å²) in [6, 6.07) is 3.91. The first-order valence-electron chi connectivity index (χ1n) is 5.73. The van der Waals surface area contributed by atoms with Crippen molar-refractivity contribution in [2.45, 2.75) is 19.3 Å². The minimum atomic E-state index is 0.670. The van der Waals surface area contributed by atoms with Crippen LogP contribution in [0.5, 0.6) is 0 Å². The largest absolute Gasteiger partial charge is 0.339 e. The molecular weight excluding hydrogens is 216 g/mol. The van der Waals surface area contributed by atoms with Gasteiger partial charge in [-0.1, -0.05) is 11.2 Å². The van der Waals surface area contributed by atoms with E-state index in [0.29, 0.717) is 12.3 Å². The van der Waals surface area contributed by atoms with Gasteiger partial charge in [0.1, 0.15) is 0 Å². The van der Waals surface area contributed by atoms with Gasteiger partial charge in [0.2, 0.25) is 5.89 Å². The van der Waals surface area contributed by atoms with Crippen molar-refractivity contribution in [1.29, 1.82) is 0 Å². The molecule has 0 aliphatic rings. The highest BCUT2D eigenvalue weighted by molar-refractivity contribution is 5.13. The van der Waals surface area contributed by atoms with Crippen molar-refractivity contribution >= 4 is 0 Å². The van der Waals surface area contributed by atoms with Crippen molar-refractivity contribution in [3.05, 3.63) is 41.8 Å². The van der Waals surface area contributed by atoms with E-state index in [2.05, 4.69) is 20.4 Å². The molecule has 0 bridgehead atoms. The minimum absolute atomic E-state index is 0.670. The number of rotatable bonds is 6. The fraction of sp³-hybridized carbons (Fsp3) is 0.417. The molecule has 0 aliphatic carbocycles. The van der Waals surface area contributed by atoms with E-state index in [4.69, 9.17) is 4.52 Å². The molecule has 0 saturated heterocycles. The number of hydrogen-bond acceptors (Lipinski definition) is 5. The summed E-state index contributed by atoms with van der Waals surface area (Å²) in [5.74, 6) is 1.43. The minimum Gasteiger partial charge on any atom is -0.339 e. The van der Waals surface area contributed by atoms with Gasteiger partial charge in [-0.15, -0.1) is 0 Å². The molecule has 0 aliphatic heterocycles. The van der Waals surface area contributed by atoms with Crippen molar-refractivity contribution < 1.29 is 4.52 Å². The van der Waals surface area contributed by atoms with Crippen LogP contribution in [0.15, 0.2) is 29.0 Å². The Morgan fingerprint density at radius 2 is 2.35 bits per heavy atom. The molecule has 2 heterocycles. The second kappa shape index (κ2) is 6.10. The van der Waals surface area contributed by atoms with Crippen molar-refractivity contribution in [2.24, 2.45) is 0 Å². The zero-order chi connectivity index (χ0) is 11.9. The molecule has 0 unspecified atom stereocenters. The van der Waals surface area contributed by atoms with E-state index in [0.717, 1.165) is 30.8 Å². The summed E-state index contributed by atoms with van der Waals surface area (Å²) < 4.78 is 5.17. The quantitative estimate of drug-likeness (QED) is 0.758. The standard InChI is InChI=1S/C12H16N4O/c1-13-6-3-5-12-15-11(16-17-12)8-10-4-2-7-14-9-10/h2,4,7,9,13H,3,5-6,8H2,1H3. The first-order chi connectivity index (χ1) is 8.38. The number of hydrogen-bond donors (Lipinski definition) is 1. The molecule has 0 aromatic carbocycles. The van der Waals surface area contributed by atoms with Crippen LogP contribution in [0.1, 0.15) is 23.7 Å².